The summed E-state index contributed by atoms with van der Waals surface area (Å²) in [6.07, 6.45) is 4.17. The van der Waals surface area contributed by atoms with Gasteiger partial charge in [0.2, 0.25) is 0 Å². The quantitative estimate of drug-likeness (QED) is 0.844. The van der Waals surface area contributed by atoms with Gasteiger partial charge in [-0.05, 0) is 44.8 Å². The fraction of sp³-hybridized carbons (Fsp3) is 0.444. The SMILES string of the molecule is CC1C(NC(=O)c2ncc(-c3ccccc3Br)s2)C2CCN1CC2. The number of amides is 1. The molecule has 1 aromatic heterocycles. The van der Waals surface area contributed by atoms with E-state index in [-0.39, 0.29) is 11.9 Å². The number of thiazole rings is 1. The molecule has 2 atom stereocenters. The van der Waals surface area contributed by atoms with Gasteiger partial charge in [-0.3, -0.25) is 9.69 Å². The van der Waals surface area contributed by atoms with E-state index in [0.717, 1.165) is 14.9 Å². The number of benzene rings is 1. The Morgan fingerprint density at radius 2 is 2.08 bits per heavy atom. The summed E-state index contributed by atoms with van der Waals surface area (Å²) >= 11 is 5.01. The largest absolute Gasteiger partial charge is 0.345 e. The molecule has 4 nitrogen and oxygen atoms in total. The van der Waals surface area contributed by atoms with Crippen molar-refractivity contribution in [1.82, 2.24) is 15.2 Å². The number of carbonyl (C=O) groups is 1. The fourth-order valence-electron chi connectivity index (χ4n) is 3.92. The van der Waals surface area contributed by atoms with Crippen LogP contribution in [-0.4, -0.2) is 41.0 Å². The maximum atomic E-state index is 12.7. The predicted octanol–water partition coefficient (Wildman–Crippen LogP) is 3.79. The number of hydrogen-bond donors (Lipinski definition) is 1. The third-order valence-corrected chi connectivity index (χ3v) is 7.04. The third kappa shape index (κ3) is 2.91. The fourth-order valence-corrected chi connectivity index (χ4v) is 5.41. The molecule has 1 aromatic carbocycles. The molecule has 0 saturated carbocycles. The monoisotopic (exact) mass is 405 g/mol. The Bertz CT molecular complexity index is 752. The lowest BCUT2D eigenvalue weighted by molar-refractivity contribution is 0.0217. The van der Waals surface area contributed by atoms with E-state index in [0.29, 0.717) is 17.0 Å². The normalized spacial score (nSPS) is 28.8. The Hall–Kier alpha value is -1.24. The first-order valence-corrected chi connectivity index (χ1v) is 10.00. The van der Waals surface area contributed by atoms with Gasteiger partial charge in [0.25, 0.3) is 5.91 Å². The van der Waals surface area contributed by atoms with Crippen LogP contribution in [0, 0.1) is 5.92 Å². The van der Waals surface area contributed by atoms with Gasteiger partial charge >= 0.3 is 0 Å². The van der Waals surface area contributed by atoms with Crippen molar-refractivity contribution in [3.8, 4) is 10.4 Å². The first kappa shape index (κ1) is 16.2. The summed E-state index contributed by atoms with van der Waals surface area (Å²) < 4.78 is 1.02. The molecule has 0 spiro atoms. The lowest BCUT2D eigenvalue weighted by Gasteiger charge is -2.49. The van der Waals surface area contributed by atoms with Crippen molar-refractivity contribution in [1.29, 1.82) is 0 Å². The van der Waals surface area contributed by atoms with Crippen LogP contribution < -0.4 is 5.32 Å². The number of fused-ring (bicyclic) bond motifs is 3. The maximum absolute atomic E-state index is 12.7. The highest BCUT2D eigenvalue weighted by atomic mass is 79.9. The van der Waals surface area contributed by atoms with E-state index in [1.165, 1.54) is 37.3 Å². The van der Waals surface area contributed by atoms with Gasteiger partial charge in [0.15, 0.2) is 5.01 Å². The van der Waals surface area contributed by atoms with Crippen LogP contribution >= 0.6 is 27.3 Å². The molecule has 3 fully saturated rings. The zero-order chi connectivity index (χ0) is 16.7. The van der Waals surface area contributed by atoms with Gasteiger partial charge in [-0.2, -0.15) is 0 Å². The molecule has 3 saturated heterocycles. The summed E-state index contributed by atoms with van der Waals surface area (Å²) in [6, 6.07) is 8.68. The van der Waals surface area contributed by atoms with E-state index in [1.807, 2.05) is 24.3 Å². The van der Waals surface area contributed by atoms with E-state index in [2.05, 4.69) is 38.1 Å². The molecule has 4 heterocycles. The molecule has 0 aliphatic carbocycles. The minimum atomic E-state index is -0.0381. The van der Waals surface area contributed by atoms with E-state index in [9.17, 15) is 4.79 Å². The van der Waals surface area contributed by atoms with E-state index in [1.54, 1.807) is 6.20 Å². The Balaban J connectivity index is 1.51. The van der Waals surface area contributed by atoms with Crippen LogP contribution in [-0.2, 0) is 0 Å². The van der Waals surface area contributed by atoms with Crippen molar-refractivity contribution in [3.05, 3.63) is 39.9 Å². The molecule has 24 heavy (non-hydrogen) atoms. The summed E-state index contributed by atoms with van der Waals surface area (Å²) in [5.41, 5.74) is 1.07. The highest BCUT2D eigenvalue weighted by Gasteiger charge is 2.40. The smallest absolute Gasteiger partial charge is 0.280 e. The molecule has 1 amide bonds. The van der Waals surface area contributed by atoms with Crippen molar-refractivity contribution in [2.45, 2.75) is 31.8 Å². The van der Waals surface area contributed by atoms with E-state index < -0.39 is 0 Å². The van der Waals surface area contributed by atoms with Crippen LogP contribution in [0.1, 0.15) is 29.6 Å². The molecular weight excluding hydrogens is 386 g/mol. The first-order valence-electron chi connectivity index (χ1n) is 8.39. The van der Waals surface area contributed by atoms with Crippen LogP contribution in [0.15, 0.2) is 34.9 Å². The molecule has 6 heteroatoms. The number of aromatic nitrogens is 1. The molecule has 2 unspecified atom stereocenters. The van der Waals surface area contributed by atoms with Gasteiger partial charge < -0.3 is 5.32 Å². The highest BCUT2D eigenvalue weighted by molar-refractivity contribution is 9.10. The second-order valence-electron chi connectivity index (χ2n) is 6.62. The molecule has 1 N–H and O–H groups in total. The average molecular weight is 406 g/mol. The van der Waals surface area contributed by atoms with Crippen molar-refractivity contribution in [2.24, 2.45) is 5.92 Å². The van der Waals surface area contributed by atoms with Gasteiger partial charge in [-0.15, -0.1) is 11.3 Å². The zero-order valence-electron chi connectivity index (χ0n) is 13.5. The maximum Gasteiger partial charge on any atom is 0.280 e. The highest BCUT2D eigenvalue weighted by Crippen LogP contribution is 2.34. The number of piperidine rings is 3. The number of nitrogens with one attached hydrogen (secondary N) is 1. The molecule has 5 rings (SSSR count). The van der Waals surface area contributed by atoms with Crippen LogP contribution in [0.2, 0.25) is 0 Å². The molecule has 3 aliphatic rings. The van der Waals surface area contributed by atoms with Gasteiger partial charge in [-0.1, -0.05) is 34.1 Å². The average Bonchev–Trinajstić information content (AvgIpc) is 3.09. The minimum Gasteiger partial charge on any atom is -0.345 e. The minimum absolute atomic E-state index is 0.0381. The Morgan fingerprint density at radius 3 is 2.79 bits per heavy atom. The summed E-state index contributed by atoms with van der Waals surface area (Å²) in [5.74, 6) is 0.570. The first-order chi connectivity index (χ1) is 11.6. The molecule has 126 valence electrons. The molecular formula is C18H20BrN3OS. The van der Waals surface area contributed by atoms with Crippen molar-refractivity contribution in [3.63, 3.8) is 0 Å². The summed E-state index contributed by atoms with van der Waals surface area (Å²) in [7, 11) is 0. The van der Waals surface area contributed by atoms with Crippen LogP contribution in [0.5, 0.6) is 0 Å². The van der Waals surface area contributed by atoms with Crippen molar-refractivity contribution < 1.29 is 4.79 Å². The van der Waals surface area contributed by atoms with Crippen LogP contribution in [0.4, 0.5) is 0 Å². The van der Waals surface area contributed by atoms with Crippen LogP contribution in [0.3, 0.4) is 0 Å². The second-order valence-corrected chi connectivity index (χ2v) is 8.51. The zero-order valence-corrected chi connectivity index (χ0v) is 15.9. The van der Waals surface area contributed by atoms with Crippen molar-refractivity contribution >= 4 is 33.2 Å². The number of nitrogens with zero attached hydrogens (tertiary/aromatic N) is 2. The number of carbonyl (C=O) groups excluding carboxylic acids is 1. The summed E-state index contributed by atoms with van der Waals surface area (Å²) in [4.78, 5) is 20.5. The number of halogens is 1. The standard InChI is InChI=1S/C18H20BrN3OS/c1-11-16(12-6-8-22(11)9-7-12)21-17(23)18-20-10-15(24-18)13-4-2-3-5-14(13)19/h2-5,10-12,16H,6-9H2,1H3,(H,21,23). The third-order valence-electron chi connectivity index (χ3n) is 5.31. The van der Waals surface area contributed by atoms with Gasteiger partial charge in [0.1, 0.15) is 0 Å². The lowest BCUT2D eigenvalue weighted by atomic mass is 9.79. The second kappa shape index (κ2) is 6.58. The van der Waals surface area contributed by atoms with Gasteiger partial charge in [0.05, 0.1) is 4.88 Å². The Morgan fingerprint density at radius 1 is 1.33 bits per heavy atom. The summed E-state index contributed by atoms with van der Waals surface area (Å²) in [5, 5.41) is 3.80. The molecule has 3 aliphatic heterocycles. The molecule has 0 radical (unpaired) electrons. The predicted molar refractivity (Wildman–Crippen MR) is 100 cm³/mol. The van der Waals surface area contributed by atoms with Gasteiger partial charge in [0, 0.05) is 28.3 Å². The topological polar surface area (TPSA) is 45.2 Å². The molecule has 2 bridgehead atoms. The number of rotatable bonds is 3. The van der Waals surface area contributed by atoms with Crippen LogP contribution in [0.25, 0.3) is 10.4 Å². The van der Waals surface area contributed by atoms with E-state index in [4.69, 9.17) is 0 Å². The molecule has 2 aromatic rings. The number of hydrogen-bond acceptors (Lipinski definition) is 4. The Labute approximate surface area is 154 Å². The van der Waals surface area contributed by atoms with Gasteiger partial charge in [-0.25, -0.2) is 4.98 Å². The van der Waals surface area contributed by atoms with E-state index >= 15 is 0 Å². The summed E-state index contributed by atoms with van der Waals surface area (Å²) in [6.45, 7) is 4.56. The van der Waals surface area contributed by atoms with Crippen molar-refractivity contribution in [2.75, 3.05) is 13.1 Å². The Kier molecular flexibility index (Phi) is 4.45. The lowest BCUT2D eigenvalue weighted by Crippen LogP contribution is -2.62.